The smallest absolute Gasteiger partial charge is 0.311 e. The summed E-state index contributed by atoms with van der Waals surface area (Å²) < 4.78 is 64.6. The second-order valence-electron chi connectivity index (χ2n) is 7.57. The number of amides is 1. The summed E-state index contributed by atoms with van der Waals surface area (Å²) in [5.74, 6) is -3.63. The van der Waals surface area contributed by atoms with Crippen molar-refractivity contribution in [2.45, 2.75) is 76.9 Å². The summed E-state index contributed by atoms with van der Waals surface area (Å²) in [6.07, 6.45) is -6.95. The molecule has 1 aliphatic rings. The van der Waals surface area contributed by atoms with E-state index in [4.69, 9.17) is 0 Å². The number of alkyl halides is 5. The minimum atomic E-state index is -4.42. The Kier molecular flexibility index (Phi) is 4.91. The van der Waals surface area contributed by atoms with Gasteiger partial charge < -0.3 is 5.32 Å². The standard InChI is InChI=1S/C16H22F5N3O/c1-9-12(10-7-15(17,18)8-10)23-24(14(2,3)4)13(9)22-11(25)5-6-16(19,20)21/h10H,5-8H2,1-4H3,(H,22,25). The molecule has 1 fully saturated rings. The van der Waals surface area contributed by atoms with Crippen LogP contribution in [0.5, 0.6) is 0 Å². The molecule has 142 valence electrons. The lowest BCUT2D eigenvalue weighted by Gasteiger charge is -2.34. The lowest BCUT2D eigenvalue weighted by atomic mass is 9.78. The van der Waals surface area contributed by atoms with E-state index in [1.54, 1.807) is 6.92 Å². The maximum absolute atomic E-state index is 13.2. The third-order valence-electron chi connectivity index (χ3n) is 4.16. The first-order valence-corrected chi connectivity index (χ1v) is 8.04. The number of aromatic nitrogens is 2. The van der Waals surface area contributed by atoms with Gasteiger partial charge in [0.2, 0.25) is 11.8 Å². The summed E-state index contributed by atoms with van der Waals surface area (Å²) in [7, 11) is 0. The summed E-state index contributed by atoms with van der Waals surface area (Å²) >= 11 is 0. The second-order valence-corrected chi connectivity index (χ2v) is 7.57. The summed E-state index contributed by atoms with van der Waals surface area (Å²) in [5, 5.41) is 6.85. The van der Waals surface area contributed by atoms with E-state index < -0.39 is 42.3 Å². The van der Waals surface area contributed by atoms with Gasteiger partial charge in [0.25, 0.3) is 0 Å². The number of nitrogens with zero attached hydrogens (tertiary/aromatic N) is 2. The number of nitrogens with one attached hydrogen (secondary N) is 1. The van der Waals surface area contributed by atoms with E-state index in [1.807, 2.05) is 20.8 Å². The van der Waals surface area contributed by atoms with Gasteiger partial charge >= 0.3 is 6.18 Å². The molecule has 0 bridgehead atoms. The Bertz CT molecular complexity index is 650. The summed E-state index contributed by atoms with van der Waals surface area (Å²) in [4.78, 5) is 11.9. The van der Waals surface area contributed by atoms with Crippen molar-refractivity contribution in [1.29, 1.82) is 0 Å². The van der Waals surface area contributed by atoms with Crippen LogP contribution in [-0.4, -0.2) is 27.8 Å². The highest BCUT2D eigenvalue weighted by atomic mass is 19.4. The van der Waals surface area contributed by atoms with Crippen LogP contribution < -0.4 is 5.32 Å². The topological polar surface area (TPSA) is 46.9 Å². The molecule has 1 N–H and O–H groups in total. The third kappa shape index (κ3) is 4.70. The van der Waals surface area contributed by atoms with E-state index in [-0.39, 0.29) is 18.7 Å². The first kappa shape index (κ1) is 19.7. The highest BCUT2D eigenvalue weighted by Gasteiger charge is 2.48. The van der Waals surface area contributed by atoms with Crippen LogP contribution in [0.1, 0.15) is 63.6 Å². The minimum absolute atomic E-state index is 0.268. The van der Waals surface area contributed by atoms with Crippen molar-refractivity contribution in [2.24, 2.45) is 0 Å². The predicted octanol–water partition coefficient (Wildman–Crippen LogP) is 4.74. The normalized spacial score (nSPS) is 18.1. The van der Waals surface area contributed by atoms with Crippen LogP contribution in [0.2, 0.25) is 0 Å². The molecule has 1 aliphatic carbocycles. The molecular weight excluding hydrogens is 345 g/mol. The zero-order valence-corrected chi connectivity index (χ0v) is 14.6. The largest absolute Gasteiger partial charge is 0.389 e. The Morgan fingerprint density at radius 3 is 2.28 bits per heavy atom. The quantitative estimate of drug-likeness (QED) is 0.782. The number of carbonyl (C=O) groups is 1. The van der Waals surface area contributed by atoms with Crippen molar-refractivity contribution >= 4 is 11.7 Å². The van der Waals surface area contributed by atoms with Crippen molar-refractivity contribution < 1.29 is 26.7 Å². The number of hydrogen-bond donors (Lipinski definition) is 1. The van der Waals surface area contributed by atoms with Crippen molar-refractivity contribution in [2.75, 3.05) is 5.32 Å². The number of anilines is 1. The molecule has 1 heterocycles. The van der Waals surface area contributed by atoms with Crippen LogP contribution in [0.4, 0.5) is 27.8 Å². The third-order valence-corrected chi connectivity index (χ3v) is 4.16. The fourth-order valence-electron chi connectivity index (χ4n) is 2.84. The number of carbonyl (C=O) groups excluding carboxylic acids is 1. The monoisotopic (exact) mass is 367 g/mol. The maximum atomic E-state index is 13.2. The summed E-state index contributed by atoms with van der Waals surface area (Å²) in [5.41, 5.74) is 0.421. The van der Waals surface area contributed by atoms with E-state index in [2.05, 4.69) is 10.4 Å². The van der Waals surface area contributed by atoms with E-state index in [1.165, 1.54) is 4.68 Å². The Balaban J connectivity index is 2.24. The van der Waals surface area contributed by atoms with Crippen molar-refractivity contribution in [3.63, 3.8) is 0 Å². The highest BCUT2D eigenvalue weighted by molar-refractivity contribution is 5.90. The Morgan fingerprint density at radius 2 is 1.84 bits per heavy atom. The predicted molar refractivity (Wildman–Crippen MR) is 82.8 cm³/mol. The fourth-order valence-corrected chi connectivity index (χ4v) is 2.84. The molecule has 9 heteroatoms. The lowest BCUT2D eigenvalue weighted by molar-refractivity contribution is -0.142. The maximum Gasteiger partial charge on any atom is 0.389 e. The van der Waals surface area contributed by atoms with Gasteiger partial charge in [0.15, 0.2) is 0 Å². The molecule has 0 spiro atoms. The van der Waals surface area contributed by atoms with Gasteiger partial charge in [0.05, 0.1) is 17.7 Å². The lowest BCUT2D eigenvalue weighted by Crippen LogP contribution is -2.34. The second kappa shape index (κ2) is 6.25. The Morgan fingerprint density at radius 1 is 1.28 bits per heavy atom. The Hall–Kier alpha value is -1.67. The molecule has 25 heavy (non-hydrogen) atoms. The zero-order valence-electron chi connectivity index (χ0n) is 14.6. The van der Waals surface area contributed by atoms with Crippen LogP contribution in [0.25, 0.3) is 0 Å². The Labute approximate surface area is 142 Å². The molecule has 0 atom stereocenters. The van der Waals surface area contributed by atoms with Crippen LogP contribution in [0.3, 0.4) is 0 Å². The van der Waals surface area contributed by atoms with Crippen LogP contribution >= 0.6 is 0 Å². The molecule has 1 saturated carbocycles. The fraction of sp³-hybridized carbons (Fsp3) is 0.750. The van der Waals surface area contributed by atoms with E-state index in [0.29, 0.717) is 11.3 Å². The van der Waals surface area contributed by atoms with Gasteiger partial charge in [-0.3, -0.25) is 4.79 Å². The van der Waals surface area contributed by atoms with Gasteiger partial charge in [-0.15, -0.1) is 0 Å². The molecule has 0 saturated heterocycles. The minimum Gasteiger partial charge on any atom is -0.311 e. The zero-order chi connectivity index (χ0) is 19.2. The first-order valence-electron chi connectivity index (χ1n) is 8.04. The molecule has 1 amide bonds. The average Bonchev–Trinajstić information content (AvgIpc) is 2.70. The van der Waals surface area contributed by atoms with E-state index >= 15 is 0 Å². The van der Waals surface area contributed by atoms with Crippen LogP contribution in [0.15, 0.2) is 0 Å². The molecule has 2 rings (SSSR count). The molecule has 4 nitrogen and oxygen atoms in total. The molecule has 1 aromatic rings. The summed E-state index contributed by atoms with van der Waals surface area (Å²) in [6.45, 7) is 7.07. The number of halogens is 5. The molecule has 0 radical (unpaired) electrons. The van der Waals surface area contributed by atoms with Gasteiger partial charge in [-0.2, -0.15) is 18.3 Å². The van der Waals surface area contributed by atoms with E-state index in [0.717, 1.165) is 0 Å². The van der Waals surface area contributed by atoms with Crippen molar-refractivity contribution in [3.05, 3.63) is 11.3 Å². The van der Waals surface area contributed by atoms with Crippen molar-refractivity contribution in [1.82, 2.24) is 9.78 Å². The SMILES string of the molecule is Cc1c(C2CC(F)(F)C2)nn(C(C)(C)C)c1NC(=O)CCC(F)(F)F. The molecule has 0 unspecified atom stereocenters. The molecule has 1 aromatic heterocycles. The molecule has 0 aliphatic heterocycles. The van der Waals surface area contributed by atoms with E-state index in [9.17, 15) is 26.7 Å². The first-order chi connectivity index (χ1) is 11.2. The number of hydrogen-bond acceptors (Lipinski definition) is 2. The van der Waals surface area contributed by atoms with Crippen LogP contribution in [0, 0.1) is 6.92 Å². The average molecular weight is 367 g/mol. The van der Waals surface area contributed by atoms with Gasteiger partial charge in [-0.1, -0.05) is 0 Å². The molecular formula is C16H22F5N3O. The van der Waals surface area contributed by atoms with Gasteiger partial charge in [0, 0.05) is 30.7 Å². The summed E-state index contributed by atoms with van der Waals surface area (Å²) in [6, 6.07) is 0. The number of rotatable bonds is 4. The highest BCUT2D eigenvalue weighted by Crippen LogP contribution is 2.49. The van der Waals surface area contributed by atoms with Gasteiger partial charge in [0.1, 0.15) is 5.82 Å². The van der Waals surface area contributed by atoms with Gasteiger partial charge in [-0.05, 0) is 27.7 Å². The van der Waals surface area contributed by atoms with Crippen LogP contribution in [-0.2, 0) is 10.3 Å². The van der Waals surface area contributed by atoms with Gasteiger partial charge in [-0.25, -0.2) is 13.5 Å². The molecule has 0 aromatic carbocycles. The van der Waals surface area contributed by atoms with Crippen molar-refractivity contribution in [3.8, 4) is 0 Å².